The minimum absolute atomic E-state index is 0.0290. The van der Waals surface area contributed by atoms with Crippen molar-refractivity contribution in [3.8, 4) is 0 Å². The molecule has 0 aliphatic carbocycles. The van der Waals surface area contributed by atoms with E-state index in [4.69, 9.17) is 11.6 Å². The molecule has 1 fully saturated rings. The lowest BCUT2D eigenvalue weighted by Gasteiger charge is -2.30. The van der Waals surface area contributed by atoms with E-state index in [0.717, 1.165) is 5.56 Å². The smallest absolute Gasteiger partial charge is 0.223 e. The average Bonchev–Trinajstić information content (AvgIpc) is 2.48. The first kappa shape index (κ1) is 15.8. The molecule has 1 saturated heterocycles. The molecule has 1 aromatic rings. The molecule has 0 unspecified atom stereocenters. The van der Waals surface area contributed by atoms with Gasteiger partial charge in [0, 0.05) is 32.5 Å². The summed E-state index contributed by atoms with van der Waals surface area (Å²) in [7, 11) is 0. The van der Waals surface area contributed by atoms with Crippen LogP contribution in [0.3, 0.4) is 0 Å². The van der Waals surface area contributed by atoms with E-state index in [1.165, 1.54) is 12.1 Å². The standard InChI is InChI=1S/C15H18ClFN2O2/c1-10(20)19-6-4-12(5-7-19)15(21)18-9-11-2-3-14(17)13(16)8-11/h2-3,8,12H,4-7,9H2,1H3,(H,18,21). The van der Waals surface area contributed by atoms with Gasteiger partial charge in [-0.25, -0.2) is 4.39 Å². The maximum Gasteiger partial charge on any atom is 0.223 e. The number of nitrogens with zero attached hydrogens (tertiary/aromatic N) is 1. The van der Waals surface area contributed by atoms with Crippen molar-refractivity contribution in [3.05, 3.63) is 34.6 Å². The summed E-state index contributed by atoms with van der Waals surface area (Å²) in [5.74, 6) is -0.520. The van der Waals surface area contributed by atoms with E-state index < -0.39 is 5.82 Å². The quantitative estimate of drug-likeness (QED) is 0.931. The van der Waals surface area contributed by atoms with Crippen LogP contribution in [0.15, 0.2) is 18.2 Å². The molecular formula is C15H18ClFN2O2. The zero-order valence-electron chi connectivity index (χ0n) is 11.9. The summed E-state index contributed by atoms with van der Waals surface area (Å²) in [6.07, 6.45) is 1.35. The molecule has 0 aromatic heterocycles. The number of nitrogens with one attached hydrogen (secondary N) is 1. The van der Waals surface area contributed by atoms with Crippen molar-refractivity contribution < 1.29 is 14.0 Å². The van der Waals surface area contributed by atoms with Gasteiger partial charge in [0.25, 0.3) is 0 Å². The van der Waals surface area contributed by atoms with Gasteiger partial charge in [-0.3, -0.25) is 9.59 Å². The van der Waals surface area contributed by atoms with E-state index in [2.05, 4.69) is 5.32 Å². The van der Waals surface area contributed by atoms with E-state index in [1.54, 1.807) is 17.9 Å². The SMILES string of the molecule is CC(=O)N1CCC(C(=O)NCc2ccc(F)c(Cl)c2)CC1. The van der Waals surface area contributed by atoms with Gasteiger partial charge in [0.1, 0.15) is 5.82 Å². The van der Waals surface area contributed by atoms with E-state index in [1.807, 2.05) is 0 Å². The van der Waals surface area contributed by atoms with Gasteiger partial charge in [-0.15, -0.1) is 0 Å². The Labute approximate surface area is 128 Å². The number of hydrogen-bond acceptors (Lipinski definition) is 2. The average molecular weight is 313 g/mol. The van der Waals surface area contributed by atoms with Crippen LogP contribution in [0.1, 0.15) is 25.3 Å². The van der Waals surface area contributed by atoms with Crippen LogP contribution >= 0.6 is 11.6 Å². The highest BCUT2D eigenvalue weighted by Gasteiger charge is 2.25. The van der Waals surface area contributed by atoms with Gasteiger partial charge in [0.2, 0.25) is 11.8 Å². The third-order valence-corrected chi connectivity index (χ3v) is 4.05. The van der Waals surface area contributed by atoms with E-state index in [0.29, 0.717) is 32.5 Å². The van der Waals surface area contributed by atoms with Crippen molar-refractivity contribution in [2.45, 2.75) is 26.3 Å². The summed E-state index contributed by atoms with van der Waals surface area (Å²) in [5.41, 5.74) is 0.760. The minimum Gasteiger partial charge on any atom is -0.352 e. The number of piperidine rings is 1. The van der Waals surface area contributed by atoms with Crippen LogP contribution in [-0.4, -0.2) is 29.8 Å². The van der Waals surface area contributed by atoms with Crippen molar-refractivity contribution in [1.82, 2.24) is 10.2 Å². The number of carbonyl (C=O) groups is 2. The first-order chi connectivity index (χ1) is 9.97. The summed E-state index contributed by atoms with van der Waals surface area (Å²) in [5, 5.41) is 2.89. The molecule has 1 N–H and O–H groups in total. The second kappa shape index (κ2) is 6.89. The van der Waals surface area contributed by atoms with Crippen molar-refractivity contribution in [3.63, 3.8) is 0 Å². The molecule has 2 amide bonds. The van der Waals surface area contributed by atoms with Gasteiger partial charge in [-0.05, 0) is 30.5 Å². The first-order valence-electron chi connectivity index (χ1n) is 6.94. The molecule has 1 aliphatic heterocycles. The third-order valence-electron chi connectivity index (χ3n) is 3.76. The lowest BCUT2D eigenvalue weighted by molar-refractivity contribution is -0.134. The van der Waals surface area contributed by atoms with Gasteiger partial charge in [0.15, 0.2) is 0 Å². The second-order valence-electron chi connectivity index (χ2n) is 5.25. The molecule has 6 heteroatoms. The number of likely N-dealkylation sites (tertiary alicyclic amines) is 1. The lowest BCUT2D eigenvalue weighted by Crippen LogP contribution is -2.42. The fourth-order valence-electron chi connectivity index (χ4n) is 2.44. The fraction of sp³-hybridized carbons (Fsp3) is 0.467. The molecule has 4 nitrogen and oxygen atoms in total. The highest BCUT2D eigenvalue weighted by atomic mass is 35.5. The molecule has 21 heavy (non-hydrogen) atoms. The molecule has 1 aliphatic rings. The number of halogens is 2. The van der Waals surface area contributed by atoms with Crippen LogP contribution in [-0.2, 0) is 16.1 Å². The normalized spacial score (nSPS) is 15.9. The maximum absolute atomic E-state index is 13.0. The molecule has 0 spiro atoms. The Morgan fingerprint density at radius 3 is 2.62 bits per heavy atom. The lowest BCUT2D eigenvalue weighted by atomic mass is 9.96. The molecule has 1 aromatic carbocycles. The fourth-order valence-corrected chi connectivity index (χ4v) is 2.64. The molecule has 0 bridgehead atoms. The van der Waals surface area contributed by atoms with Gasteiger partial charge in [-0.2, -0.15) is 0 Å². The Balaban J connectivity index is 1.82. The number of hydrogen-bond donors (Lipinski definition) is 1. The van der Waals surface area contributed by atoms with Gasteiger partial charge >= 0.3 is 0 Å². The van der Waals surface area contributed by atoms with Crippen LogP contribution in [0.4, 0.5) is 4.39 Å². The number of carbonyl (C=O) groups excluding carboxylic acids is 2. The van der Waals surface area contributed by atoms with E-state index in [-0.39, 0.29) is 22.8 Å². The first-order valence-corrected chi connectivity index (χ1v) is 7.32. The Hall–Kier alpha value is -1.62. The summed E-state index contributed by atoms with van der Waals surface area (Å²) in [6, 6.07) is 4.39. The Kier molecular flexibility index (Phi) is 5.17. The van der Waals surface area contributed by atoms with Crippen LogP contribution in [0.2, 0.25) is 5.02 Å². The van der Waals surface area contributed by atoms with Crippen LogP contribution in [0.25, 0.3) is 0 Å². The minimum atomic E-state index is -0.469. The van der Waals surface area contributed by atoms with Crippen molar-refractivity contribution in [1.29, 1.82) is 0 Å². The van der Waals surface area contributed by atoms with Crippen LogP contribution in [0, 0.1) is 11.7 Å². The molecular weight excluding hydrogens is 295 g/mol. The van der Waals surface area contributed by atoms with Crippen molar-refractivity contribution in [2.75, 3.05) is 13.1 Å². The largest absolute Gasteiger partial charge is 0.352 e. The summed E-state index contributed by atoms with van der Waals surface area (Å²) in [6.45, 7) is 3.11. The molecule has 0 saturated carbocycles. The van der Waals surface area contributed by atoms with Gasteiger partial charge in [0.05, 0.1) is 5.02 Å². The molecule has 0 atom stereocenters. The zero-order chi connectivity index (χ0) is 15.4. The van der Waals surface area contributed by atoms with Gasteiger partial charge < -0.3 is 10.2 Å². The summed E-state index contributed by atoms with van der Waals surface area (Å²) < 4.78 is 13.0. The second-order valence-corrected chi connectivity index (χ2v) is 5.65. The predicted molar refractivity (Wildman–Crippen MR) is 78.2 cm³/mol. The topological polar surface area (TPSA) is 49.4 Å². The van der Waals surface area contributed by atoms with E-state index in [9.17, 15) is 14.0 Å². The van der Waals surface area contributed by atoms with Crippen molar-refractivity contribution >= 4 is 23.4 Å². The van der Waals surface area contributed by atoms with Crippen LogP contribution < -0.4 is 5.32 Å². The highest BCUT2D eigenvalue weighted by Crippen LogP contribution is 2.18. The maximum atomic E-state index is 13.0. The zero-order valence-corrected chi connectivity index (χ0v) is 12.6. The van der Waals surface area contributed by atoms with Crippen molar-refractivity contribution in [2.24, 2.45) is 5.92 Å². The van der Waals surface area contributed by atoms with Crippen LogP contribution in [0.5, 0.6) is 0 Å². The Morgan fingerprint density at radius 1 is 1.38 bits per heavy atom. The van der Waals surface area contributed by atoms with E-state index >= 15 is 0 Å². The molecule has 114 valence electrons. The number of amides is 2. The molecule has 1 heterocycles. The Morgan fingerprint density at radius 2 is 2.05 bits per heavy atom. The third kappa shape index (κ3) is 4.17. The number of benzene rings is 1. The molecule has 0 radical (unpaired) electrons. The van der Waals surface area contributed by atoms with Gasteiger partial charge in [-0.1, -0.05) is 17.7 Å². The number of rotatable bonds is 3. The monoisotopic (exact) mass is 312 g/mol. The summed E-state index contributed by atoms with van der Waals surface area (Å²) in [4.78, 5) is 25.1. The highest BCUT2D eigenvalue weighted by molar-refractivity contribution is 6.30. The predicted octanol–water partition coefficient (Wildman–Crippen LogP) is 2.35. The molecule has 2 rings (SSSR count). The Bertz CT molecular complexity index is 542. The summed E-state index contributed by atoms with van der Waals surface area (Å²) >= 11 is 5.70.